The number of likely N-dealkylation sites (tertiary alicyclic amines) is 1. The number of carbonyl (C=O) groups is 1. The second kappa shape index (κ2) is 7.10. The van der Waals surface area contributed by atoms with Crippen molar-refractivity contribution in [3.05, 3.63) is 42.0 Å². The number of nitrogens with one attached hydrogen (secondary N) is 1. The number of amides is 1. The van der Waals surface area contributed by atoms with Gasteiger partial charge in [0.15, 0.2) is 0 Å². The van der Waals surface area contributed by atoms with Gasteiger partial charge in [0.2, 0.25) is 5.91 Å². The van der Waals surface area contributed by atoms with Crippen LogP contribution in [0.15, 0.2) is 36.4 Å². The summed E-state index contributed by atoms with van der Waals surface area (Å²) in [5.74, 6) is 1.28. The molecule has 0 bridgehead atoms. The molecule has 1 saturated carbocycles. The van der Waals surface area contributed by atoms with Crippen LogP contribution in [0, 0.1) is 11.8 Å². The first-order valence-corrected chi connectivity index (χ1v) is 8.48. The number of hydrogen-bond donors (Lipinski definition) is 1. The minimum Gasteiger partial charge on any atom is -0.342 e. The Hall–Kier alpha value is -1.61. The first-order chi connectivity index (χ1) is 10.7. The lowest BCUT2D eigenvalue weighted by Gasteiger charge is -2.37. The van der Waals surface area contributed by atoms with E-state index in [9.17, 15) is 4.79 Å². The van der Waals surface area contributed by atoms with E-state index in [0.717, 1.165) is 38.9 Å². The molecule has 3 nitrogen and oxygen atoms in total. The summed E-state index contributed by atoms with van der Waals surface area (Å²) in [4.78, 5) is 14.2. The van der Waals surface area contributed by atoms with Crippen molar-refractivity contribution in [1.82, 2.24) is 10.2 Å². The van der Waals surface area contributed by atoms with E-state index in [1.807, 2.05) is 6.07 Å². The van der Waals surface area contributed by atoms with Crippen LogP contribution in [-0.2, 0) is 4.79 Å². The molecule has 1 aromatic carbocycles. The van der Waals surface area contributed by atoms with Gasteiger partial charge >= 0.3 is 0 Å². The smallest absolute Gasteiger partial charge is 0.225 e. The molecule has 0 aromatic heterocycles. The molecule has 1 aromatic rings. The molecular formula is C19H26N2O. The zero-order valence-corrected chi connectivity index (χ0v) is 13.4. The Balaban J connectivity index is 1.42. The van der Waals surface area contributed by atoms with E-state index in [4.69, 9.17) is 0 Å². The molecular weight excluding hydrogens is 272 g/mol. The molecule has 2 aliphatic rings. The van der Waals surface area contributed by atoms with E-state index >= 15 is 0 Å². The second-order valence-electron chi connectivity index (χ2n) is 6.65. The van der Waals surface area contributed by atoms with Crippen molar-refractivity contribution in [1.29, 1.82) is 0 Å². The van der Waals surface area contributed by atoms with Crippen LogP contribution in [0.1, 0.15) is 31.7 Å². The fraction of sp³-hybridized carbons (Fsp3) is 0.526. The zero-order valence-electron chi connectivity index (χ0n) is 13.4. The van der Waals surface area contributed by atoms with Crippen molar-refractivity contribution in [3.8, 4) is 0 Å². The molecule has 3 heteroatoms. The Kier molecular flexibility index (Phi) is 4.94. The van der Waals surface area contributed by atoms with Gasteiger partial charge in [-0.25, -0.2) is 0 Å². The number of carbonyl (C=O) groups excluding carboxylic acids is 1. The van der Waals surface area contributed by atoms with Gasteiger partial charge in [0.1, 0.15) is 0 Å². The molecule has 1 aliphatic carbocycles. The lowest BCUT2D eigenvalue weighted by molar-refractivity contribution is -0.134. The quantitative estimate of drug-likeness (QED) is 0.906. The van der Waals surface area contributed by atoms with Crippen molar-refractivity contribution in [2.24, 2.45) is 11.8 Å². The highest BCUT2D eigenvalue weighted by molar-refractivity contribution is 5.81. The molecule has 22 heavy (non-hydrogen) atoms. The molecule has 2 fully saturated rings. The standard InChI is InChI=1S/C19H26N2O/c1-15-14-21(19(22)17-9-10-17)13-11-18(15)20-12-5-8-16-6-3-2-4-7-16/h2-8,15,17-18,20H,9-14H2,1H3. The molecule has 1 aliphatic heterocycles. The van der Waals surface area contributed by atoms with Gasteiger partial charge in [0.25, 0.3) is 0 Å². The molecule has 1 saturated heterocycles. The number of rotatable bonds is 5. The Morgan fingerprint density at radius 1 is 1.27 bits per heavy atom. The number of piperidine rings is 1. The molecule has 1 N–H and O–H groups in total. The fourth-order valence-electron chi connectivity index (χ4n) is 3.22. The summed E-state index contributed by atoms with van der Waals surface area (Å²) >= 11 is 0. The highest BCUT2D eigenvalue weighted by Crippen LogP contribution is 2.32. The normalized spacial score (nSPS) is 25.6. The van der Waals surface area contributed by atoms with Crippen LogP contribution < -0.4 is 5.32 Å². The number of nitrogens with zero attached hydrogens (tertiary/aromatic N) is 1. The Morgan fingerprint density at radius 3 is 2.73 bits per heavy atom. The van der Waals surface area contributed by atoms with Gasteiger partial charge in [-0.2, -0.15) is 0 Å². The van der Waals surface area contributed by atoms with Gasteiger partial charge in [-0.05, 0) is 30.7 Å². The maximum absolute atomic E-state index is 12.1. The zero-order chi connectivity index (χ0) is 15.4. The van der Waals surface area contributed by atoms with Gasteiger partial charge in [-0.3, -0.25) is 4.79 Å². The monoisotopic (exact) mass is 298 g/mol. The topological polar surface area (TPSA) is 32.3 Å². The van der Waals surface area contributed by atoms with Gasteiger partial charge in [-0.15, -0.1) is 0 Å². The fourth-order valence-corrected chi connectivity index (χ4v) is 3.22. The van der Waals surface area contributed by atoms with Crippen molar-refractivity contribution in [3.63, 3.8) is 0 Å². The van der Waals surface area contributed by atoms with Crippen molar-refractivity contribution in [2.75, 3.05) is 19.6 Å². The summed E-state index contributed by atoms with van der Waals surface area (Å²) < 4.78 is 0. The van der Waals surface area contributed by atoms with E-state index in [2.05, 4.69) is 53.6 Å². The van der Waals surface area contributed by atoms with Crippen molar-refractivity contribution < 1.29 is 4.79 Å². The third-order valence-electron chi connectivity index (χ3n) is 4.75. The van der Waals surface area contributed by atoms with Gasteiger partial charge in [0, 0.05) is 31.6 Å². The molecule has 3 rings (SSSR count). The highest BCUT2D eigenvalue weighted by Gasteiger charge is 2.36. The Bertz CT molecular complexity index is 521. The molecule has 2 atom stereocenters. The molecule has 0 radical (unpaired) electrons. The molecule has 1 heterocycles. The maximum atomic E-state index is 12.1. The summed E-state index contributed by atoms with van der Waals surface area (Å²) in [6.07, 6.45) is 7.62. The molecule has 0 spiro atoms. The second-order valence-corrected chi connectivity index (χ2v) is 6.65. The summed E-state index contributed by atoms with van der Waals surface area (Å²) in [7, 11) is 0. The van der Waals surface area contributed by atoms with Crippen LogP contribution in [-0.4, -0.2) is 36.5 Å². The summed E-state index contributed by atoms with van der Waals surface area (Å²) in [5, 5.41) is 3.62. The van der Waals surface area contributed by atoms with Crippen LogP contribution in [0.2, 0.25) is 0 Å². The van der Waals surface area contributed by atoms with Gasteiger partial charge < -0.3 is 10.2 Å². The minimum atomic E-state index is 0.352. The Morgan fingerprint density at radius 2 is 2.05 bits per heavy atom. The lowest BCUT2D eigenvalue weighted by Crippen LogP contribution is -2.50. The molecule has 1 amide bonds. The number of benzene rings is 1. The van der Waals surface area contributed by atoms with Crippen LogP contribution in [0.3, 0.4) is 0 Å². The predicted molar refractivity (Wildman–Crippen MR) is 90.4 cm³/mol. The predicted octanol–water partition coefficient (Wildman–Crippen LogP) is 2.94. The van der Waals surface area contributed by atoms with Crippen LogP contribution in [0.25, 0.3) is 6.08 Å². The summed E-state index contributed by atoms with van der Waals surface area (Å²) in [6.45, 7) is 4.97. The van der Waals surface area contributed by atoms with Crippen LogP contribution >= 0.6 is 0 Å². The Labute approximate surface area is 133 Å². The highest BCUT2D eigenvalue weighted by atomic mass is 16.2. The third kappa shape index (κ3) is 3.98. The molecule has 118 valence electrons. The number of hydrogen-bond acceptors (Lipinski definition) is 2. The average molecular weight is 298 g/mol. The van der Waals surface area contributed by atoms with E-state index in [1.54, 1.807) is 0 Å². The lowest BCUT2D eigenvalue weighted by atomic mass is 9.93. The van der Waals surface area contributed by atoms with E-state index in [-0.39, 0.29) is 0 Å². The summed E-state index contributed by atoms with van der Waals surface area (Å²) in [6, 6.07) is 10.9. The average Bonchev–Trinajstić information content (AvgIpc) is 3.38. The first kappa shape index (κ1) is 15.3. The SMILES string of the molecule is CC1CN(C(=O)C2CC2)CCC1NCC=Cc1ccccc1. The summed E-state index contributed by atoms with van der Waals surface area (Å²) in [5.41, 5.74) is 1.24. The first-order valence-electron chi connectivity index (χ1n) is 8.48. The van der Waals surface area contributed by atoms with E-state index in [0.29, 0.717) is 23.8 Å². The molecule has 2 unspecified atom stereocenters. The van der Waals surface area contributed by atoms with Crippen LogP contribution in [0.5, 0.6) is 0 Å². The van der Waals surface area contributed by atoms with Crippen molar-refractivity contribution in [2.45, 2.75) is 32.2 Å². The van der Waals surface area contributed by atoms with Crippen LogP contribution in [0.4, 0.5) is 0 Å². The minimum absolute atomic E-state index is 0.352. The largest absolute Gasteiger partial charge is 0.342 e. The van der Waals surface area contributed by atoms with Gasteiger partial charge in [-0.1, -0.05) is 49.4 Å². The van der Waals surface area contributed by atoms with E-state index < -0.39 is 0 Å². The third-order valence-corrected chi connectivity index (χ3v) is 4.75. The van der Waals surface area contributed by atoms with E-state index in [1.165, 1.54) is 5.56 Å². The van der Waals surface area contributed by atoms with Crippen molar-refractivity contribution >= 4 is 12.0 Å². The maximum Gasteiger partial charge on any atom is 0.225 e. The van der Waals surface area contributed by atoms with Gasteiger partial charge in [0.05, 0.1) is 0 Å².